The van der Waals surface area contributed by atoms with Crippen LogP contribution in [0.15, 0.2) is 60.7 Å². The van der Waals surface area contributed by atoms with Crippen LogP contribution in [0.4, 0.5) is 0 Å². The number of benzene rings is 2. The Hall–Kier alpha value is -2.62. The van der Waals surface area contributed by atoms with Gasteiger partial charge in [0, 0.05) is 12.3 Å². The summed E-state index contributed by atoms with van der Waals surface area (Å²) in [4.78, 5) is 25.3. The van der Waals surface area contributed by atoms with Gasteiger partial charge in [-0.05, 0) is 29.9 Å². The smallest absolute Gasteiger partial charge is 0.329 e. The maximum atomic E-state index is 12.7. The van der Waals surface area contributed by atoms with Gasteiger partial charge in [-0.1, -0.05) is 73.5 Å². The van der Waals surface area contributed by atoms with E-state index in [2.05, 4.69) is 5.32 Å². The second-order valence-corrected chi connectivity index (χ2v) is 7.22. The molecule has 2 aromatic carbocycles. The summed E-state index contributed by atoms with van der Waals surface area (Å²) in [5, 5.41) is 2.98. The van der Waals surface area contributed by atoms with Crippen LogP contribution >= 0.6 is 0 Å². The molecule has 0 aromatic heterocycles. The molecule has 0 spiro atoms. The Morgan fingerprint density at radius 1 is 0.963 bits per heavy atom. The van der Waals surface area contributed by atoms with Crippen molar-refractivity contribution in [1.82, 2.24) is 5.32 Å². The number of amides is 1. The summed E-state index contributed by atoms with van der Waals surface area (Å²) >= 11 is 0. The standard InChI is InChI=1S/C23H27NO3/c1-27-23(26)22(24-20(25)16-17-10-8-9-11-17)21(18-12-4-2-5-13-18)19-14-6-3-7-15-19/h2-7,12-15,17,21-22H,8-11,16H2,1H3,(H,24,25)/t22-/m0/s1. The van der Waals surface area contributed by atoms with Crippen molar-refractivity contribution in [3.05, 3.63) is 71.8 Å². The minimum Gasteiger partial charge on any atom is -0.467 e. The SMILES string of the molecule is COC(=O)[C@@H](NC(=O)CC1CCCC1)C(c1ccccc1)c1ccccc1. The van der Waals surface area contributed by atoms with E-state index in [1.807, 2.05) is 60.7 Å². The van der Waals surface area contributed by atoms with Gasteiger partial charge in [-0.15, -0.1) is 0 Å². The molecule has 1 atom stereocenters. The van der Waals surface area contributed by atoms with Gasteiger partial charge < -0.3 is 10.1 Å². The van der Waals surface area contributed by atoms with Crippen LogP contribution in [0.1, 0.15) is 49.1 Å². The summed E-state index contributed by atoms with van der Waals surface area (Å²) in [7, 11) is 1.37. The second-order valence-electron chi connectivity index (χ2n) is 7.22. The highest BCUT2D eigenvalue weighted by molar-refractivity contribution is 5.86. The second kappa shape index (κ2) is 9.36. The summed E-state index contributed by atoms with van der Waals surface area (Å²) in [5.41, 5.74) is 1.94. The van der Waals surface area contributed by atoms with Crippen LogP contribution in [0.25, 0.3) is 0 Å². The van der Waals surface area contributed by atoms with Crippen LogP contribution in [0.5, 0.6) is 0 Å². The molecule has 0 aliphatic heterocycles. The molecular weight excluding hydrogens is 338 g/mol. The summed E-state index contributed by atoms with van der Waals surface area (Å²) in [6, 6.07) is 18.8. The maximum Gasteiger partial charge on any atom is 0.329 e. The Kier molecular flexibility index (Phi) is 6.64. The lowest BCUT2D eigenvalue weighted by Crippen LogP contribution is -2.46. The van der Waals surface area contributed by atoms with Gasteiger partial charge in [0.05, 0.1) is 7.11 Å². The molecule has 0 bridgehead atoms. The van der Waals surface area contributed by atoms with Gasteiger partial charge in [0.25, 0.3) is 0 Å². The Morgan fingerprint density at radius 2 is 1.48 bits per heavy atom. The third-order valence-corrected chi connectivity index (χ3v) is 5.37. The fraction of sp³-hybridized carbons (Fsp3) is 0.391. The zero-order valence-corrected chi connectivity index (χ0v) is 15.8. The Morgan fingerprint density at radius 3 is 1.96 bits per heavy atom. The summed E-state index contributed by atoms with van der Waals surface area (Å²) in [6.45, 7) is 0. The first-order valence-corrected chi connectivity index (χ1v) is 9.66. The Bertz CT molecular complexity index is 699. The first kappa shape index (κ1) is 19.2. The highest BCUT2D eigenvalue weighted by Gasteiger charge is 2.33. The van der Waals surface area contributed by atoms with Crippen LogP contribution in [0, 0.1) is 5.92 Å². The maximum absolute atomic E-state index is 12.7. The number of nitrogens with one attached hydrogen (secondary N) is 1. The van der Waals surface area contributed by atoms with E-state index < -0.39 is 12.0 Å². The normalized spacial score (nSPS) is 15.5. The highest BCUT2D eigenvalue weighted by Crippen LogP contribution is 2.30. The summed E-state index contributed by atoms with van der Waals surface area (Å²) in [6.07, 6.45) is 5.04. The molecule has 4 nitrogen and oxygen atoms in total. The van der Waals surface area contributed by atoms with E-state index in [0.29, 0.717) is 12.3 Å². The monoisotopic (exact) mass is 365 g/mol. The summed E-state index contributed by atoms with van der Waals surface area (Å²) in [5.74, 6) is -0.371. The van der Waals surface area contributed by atoms with Gasteiger partial charge in [-0.2, -0.15) is 0 Å². The van der Waals surface area contributed by atoms with E-state index in [-0.39, 0.29) is 11.8 Å². The third kappa shape index (κ3) is 4.97. The molecule has 1 amide bonds. The molecule has 27 heavy (non-hydrogen) atoms. The molecule has 3 rings (SSSR count). The van der Waals surface area contributed by atoms with Gasteiger partial charge in [-0.25, -0.2) is 4.79 Å². The van der Waals surface area contributed by atoms with Crippen molar-refractivity contribution in [2.45, 2.75) is 44.1 Å². The average Bonchev–Trinajstić information content (AvgIpc) is 3.21. The number of rotatable bonds is 7. The molecule has 1 N–H and O–H groups in total. The molecule has 0 heterocycles. The van der Waals surface area contributed by atoms with Crippen molar-refractivity contribution in [3.8, 4) is 0 Å². The average molecular weight is 365 g/mol. The minimum absolute atomic E-state index is 0.0748. The van der Waals surface area contributed by atoms with Gasteiger partial charge >= 0.3 is 5.97 Å². The minimum atomic E-state index is -0.756. The van der Waals surface area contributed by atoms with Crippen molar-refractivity contribution >= 4 is 11.9 Å². The van der Waals surface area contributed by atoms with E-state index in [1.165, 1.54) is 20.0 Å². The number of methoxy groups -OCH3 is 1. The van der Waals surface area contributed by atoms with E-state index >= 15 is 0 Å². The van der Waals surface area contributed by atoms with Crippen molar-refractivity contribution in [2.75, 3.05) is 7.11 Å². The largest absolute Gasteiger partial charge is 0.467 e. The fourth-order valence-corrected chi connectivity index (χ4v) is 4.01. The van der Waals surface area contributed by atoms with E-state index in [4.69, 9.17) is 4.74 Å². The van der Waals surface area contributed by atoms with Crippen LogP contribution < -0.4 is 5.32 Å². The van der Waals surface area contributed by atoms with Gasteiger partial charge in [0.15, 0.2) is 0 Å². The van der Waals surface area contributed by atoms with Crippen LogP contribution in [0.2, 0.25) is 0 Å². The van der Waals surface area contributed by atoms with Crippen LogP contribution in [-0.4, -0.2) is 25.0 Å². The predicted octanol–water partition coefficient (Wildman–Crippen LogP) is 4.06. The molecule has 142 valence electrons. The predicted molar refractivity (Wildman–Crippen MR) is 105 cm³/mol. The number of esters is 1. The fourth-order valence-electron chi connectivity index (χ4n) is 4.01. The number of carbonyl (C=O) groups excluding carboxylic acids is 2. The quantitative estimate of drug-likeness (QED) is 0.753. The Balaban J connectivity index is 1.88. The molecule has 0 saturated heterocycles. The van der Waals surface area contributed by atoms with Gasteiger partial charge in [-0.3, -0.25) is 4.79 Å². The molecule has 1 saturated carbocycles. The molecule has 0 radical (unpaired) electrons. The number of ether oxygens (including phenoxy) is 1. The molecule has 1 aliphatic rings. The van der Waals surface area contributed by atoms with Gasteiger partial charge in [0.2, 0.25) is 5.91 Å². The van der Waals surface area contributed by atoms with Crippen molar-refractivity contribution in [2.24, 2.45) is 5.92 Å². The lowest BCUT2D eigenvalue weighted by atomic mass is 9.84. The first-order chi connectivity index (χ1) is 13.2. The van der Waals surface area contributed by atoms with E-state index in [1.54, 1.807) is 0 Å². The zero-order chi connectivity index (χ0) is 19.1. The molecule has 0 unspecified atom stereocenters. The zero-order valence-electron chi connectivity index (χ0n) is 15.8. The topological polar surface area (TPSA) is 55.4 Å². The lowest BCUT2D eigenvalue weighted by Gasteiger charge is -2.27. The molecule has 1 fully saturated rings. The number of carbonyl (C=O) groups is 2. The Labute approximate surface area is 160 Å². The lowest BCUT2D eigenvalue weighted by molar-refractivity contribution is -0.145. The number of hydrogen-bond donors (Lipinski definition) is 1. The van der Waals surface area contributed by atoms with E-state index in [0.717, 1.165) is 24.0 Å². The summed E-state index contributed by atoms with van der Waals surface area (Å²) < 4.78 is 5.05. The van der Waals surface area contributed by atoms with Crippen molar-refractivity contribution in [3.63, 3.8) is 0 Å². The highest BCUT2D eigenvalue weighted by atomic mass is 16.5. The van der Waals surface area contributed by atoms with Crippen LogP contribution in [-0.2, 0) is 14.3 Å². The number of hydrogen-bond acceptors (Lipinski definition) is 3. The molecule has 2 aromatic rings. The van der Waals surface area contributed by atoms with Gasteiger partial charge in [0.1, 0.15) is 6.04 Å². The van der Waals surface area contributed by atoms with Crippen molar-refractivity contribution in [1.29, 1.82) is 0 Å². The van der Waals surface area contributed by atoms with Crippen LogP contribution in [0.3, 0.4) is 0 Å². The van der Waals surface area contributed by atoms with Crippen molar-refractivity contribution < 1.29 is 14.3 Å². The third-order valence-electron chi connectivity index (χ3n) is 5.37. The van der Waals surface area contributed by atoms with E-state index in [9.17, 15) is 9.59 Å². The first-order valence-electron chi connectivity index (χ1n) is 9.66. The molecule has 1 aliphatic carbocycles. The molecule has 4 heteroatoms. The molecular formula is C23H27NO3.